The van der Waals surface area contributed by atoms with Crippen LogP contribution in [0, 0.1) is 11.3 Å². The summed E-state index contributed by atoms with van der Waals surface area (Å²) in [4.78, 5) is 0. The molecule has 0 bridgehead atoms. The summed E-state index contributed by atoms with van der Waals surface area (Å²) in [6.07, 6.45) is 22.6. The Hall–Kier alpha value is -3.85. The maximum Gasteiger partial charge on any atom is 0.161 e. The molecule has 4 rings (SSSR count). The number of hydrogen-bond donors (Lipinski definition) is 0. The first-order valence-electron chi connectivity index (χ1n) is 22.2. The van der Waals surface area contributed by atoms with E-state index in [1.54, 1.807) is 0 Å². The highest BCUT2D eigenvalue weighted by Gasteiger charge is 2.20. The standard InChI is InChI=1S/C49H71NO5/c1-6-11-16-21-26-51-45-32-40-39(31-38(45)37-50)41-33-46(52-27-22-17-12-7-2)48(54-29-24-19-14-9-4)35-43(41)44-36-49(55-30-25-20-15-10-5)47(34-42(40)44)53-28-23-18-13-8-3/h31-36H,6-30H2,1-5H3. The van der Waals surface area contributed by atoms with Crippen LogP contribution in [0.2, 0.25) is 0 Å². The van der Waals surface area contributed by atoms with Gasteiger partial charge in [-0.1, -0.05) is 131 Å². The van der Waals surface area contributed by atoms with Gasteiger partial charge in [0.15, 0.2) is 23.0 Å². The van der Waals surface area contributed by atoms with Crippen LogP contribution in [0.15, 0.2) is 36.4 Å². The van der Waals surface area contributed by atoms with E-state index < -0.39 is 0 Å². The molecule has 0 amide bonds. The van der Waals surface area contributed by atoms with Crippen molar-refractivity contribution in [2.45, 2.75) is 163 Å². The molecule has 0 unspecified atom stereocenters. The highest BCUT2D eigenvalue weighted by atomic mass is 16.5. The molecular weight excluding hydrogens is 683 g/mol. The Bertz CT molecular complexity index is 1710. The average molecular weight is 754 g/mol. The predicted octanol–water partition coefficient (Wildman–Crippen LogP) is 14.8. The fraction of sp³-hybridized carbons (Fsp3) is 0.612. The highest BCUT2D eigenvalue weighted by Crippen LogP contribution is 2.46. The zero-order chi connectivity index (χ0) is 39.1. The monoisotopic (exact) mass is 754 g/mol. The molecular formula is C49H71NO5. The molecule has 0 radical (unpaired) electrons. The van der Waals surface area contributed by atoms with Crippen molar-refractivity contribution in [3.05, 3.63) is 42.0 Å². The largest absolute Gasteiger partial charge is 0.492 e. The second-order valence-corrected chi connectivity index (χ2v) is 15.2. The Kier molecular flexibility index (Phi) is 20.2. The summed E-state index contributed by atoms with van der Waals surface area (Å²) >= 11 is 0. The summed E-state index contributed by atoms with van der Waals surface area (Å²) < 4.78 is 32.6. The topological polar surface area (TPSA) is 69.9 Å². The van der Waals surface area contributed by atoms with Crippen molar-refractivity contribution in [3.63, 3.8) is 0 Å². The lowest BCUT2D eigenvalue weighted by Crippen LogP contribution is -2.04. The van der Waals surface area contributed by atoms with E-state index in [9.17, 15) is 5.26 Å². The molecule has 0 aromatic heterocycles. The molecule has 6 heteroatoms. The van der Waals surface area contributed by atoms with Crippen LogP contribution in [-0.2, 0) is 0 Å². The number of benzene rings is 4. The Morgan fingerprint density at radius 2 is 0.564 bits per heavy atom. The van der Waals surface area contributed by atoms with E-state index in [2.05, 4.69) is 71.0 Å². The lowest BCUT2D eigenvalue weighted by Gasteiger charge is -2.20. The minimum absolute atomic E-state index is 0.543. The minimum atomic E-state index is 0.543. The van der Waals surface area contributed by atoms with Gasteiger partial charge in [-0.15, -0.1) is 0 Å². The molecule has 302 valence electrons. The van der Waals surface area contributed by atoms with E-state index >= 15 is 0 Å². The van der Waals surface area contributed by atoms with Crippen LogP contribution in [0.3, 0.4) is 0 Å². The SMILES string of the molecule is CCCCCCOc1cc2c(cc1C#N)c1cc(OCCCCCC)c(OCCCCCC)cc1c1cc(OCCCCCC)c(OCCCCCC)cc21. The molecule has 6 nitrogen and oxygen atoms in total. The molecule has 0 spiro atoms. The molecule has 0 saturated heterocycles. The number of hydrogen-bond acceptors (Lipinski definition) is 6. The van der Waals surface area contributed by atoms with Gasteiger partial charge in [-0.05, 0) is 101 Å². The Labute approximate surface area is 333 Å². The van der Waals surface area contributed by atoms with Crippen molar-refractivity contribution in [2.75, 3.05) is 33.0 Å². The molecule has 0 aliphatic carbocycles. The Morgan fingerprint density at radius 3 is 0.818 bits per heavy atom. The van der Waals surface area contributed by atoms with Crippen LogP contribution in [0.5, 0.6) is 28.7 Å². The van der Waals surface area contributed by atoms with Gasteiger partial charge in [-0.3, -0.25) is 0 Å². The van der Waals surface area contributed by atoms with Gasteiger partial charge in [-0.2, -0.15) is 5.26 Å². The Morgan fingerprint density at radius 1 is 0.327 bits per heavy atom. The zero-order valence-electron chi connectivity index (χ0n) is 35.1. The second-order valence-electron chi connectivity index (χ2n) is 15.2. The van der Waals surface area contributed by atoms with Gasteiger partial charge in [-0.25, -0.2) is 0 Å². The number of rotatable bonds is 30. The summed E-state index contributed by atoms with van der Waals surface area (Å²) in [5.74, 6) is 3.70. The van der Waals surface area contributed by atoms with Crippen LogP contribution < -0.4 is 23.7 Å². The van der Waals surface area contributed by atoms with E-state index in [0.717, 1.165) is 120 Å². The third-order valence-electron chi connectivity index (χ3n) is 10.6. The molecule has 0 aliphatic heterocycles. The van der Waals surface area contributed by atoms with Crippen molar-refractivity contribution >= 4 is 32.3 Å². The third-order valence-corrected chi connectivity index (χ3v) is 10.6. The number of nitrogens with zero attached hydrogens (tertiary/aromatic N) is 1. The smallest absolute Gasteiger partial charge is 0.161 e. The second kappa shape index (κ2) is 25.3. The number of ether oxygens (including phenoxy) is 5. The first kappa shape index (κ1) is 43.9. The molecule has 55 heavy (non-hydrogen) atoms. The summed E-state index contributed by atoms with van der Waals surface area (Å²) in [6.45, 7) is 14.3. The number of fused-ring (bicyclic) bond motifs is 6. The first-order chi connectivity index (χ1) is 27.1. The molecule has 4 aromatic rings. The molecule has 0 fully saturated rings. The van der Waals surface area contributed by atoms with Crippen LogP contribution in [0.4, 0.5) is 0 Å². The van der Waals surface area contributed by atoms with Crippen molar-refractivity contribution < 1.29 is 23.7 Å². The van der Waals surface area contributed by atoms with Crippen LogP contribution in [-0.4, -0.2) is 33.0 Å². The molecule has 0 heterocycles. The van der Waals surface area contributed by atoms with Crippen LogP contribution >= 0.6 is 0 Å². The summed E-state index contributed by atoms with van der Waals surface area (Å²) in [5.41, 5.74) is 0.543. The first-order valence-corrected chi connectivity index (χ1v) is 22.2. The van der Waals surface area contributed by atoms with Crippen molar-refractivity contribution in [2.24, 2.45) is 0 Å². The van der Waals surface area contributed by atoms with E-state index in [4.69, 9.17) is 23.7 Å². The average Bonchev–Trinajstić information content (AvgIpc) is 3.20. The zero-order valence-corrected chi connectivity index (χ0v) is 35.1. The molecule has 4 aromatic carbocycles. The van der Waals surface area contributed by atoms with E-state index in [1.807, 2.05) is 6.07 Å². The van der Waals surface area contributed by atoms with Gasteiger partial charge >= 0.3 is 0 Å². The molecule has 0 atom stereocenters. The van der Waals surface area contributed by atoms with Gasteiger partial charge in [0.05, 0.1) is 38.6 Å². The number of nitriles is 1. The minimum Gasteiger partial charge on any atom is -0.492 e. The highest BCUT2D eigenvalue weighted by molar-refractivity contribution is 6.26. The predicted molar refractivity (Wildman–Crippen MR) is 232 cm³/mol. The van der Waals surface area contributed by atoms with Gasteiger partial charge in [0.2, 0.25) is 0 Å². The van der Waals surface area contributed by atoms with Gasteiger partial charge in [0.25, 0.3) is 0 Å². The summed E-state index contributed by atoms with van der Waals surface area (Å²) in [7, 11) is 0. The van der Waals surface area contributed by atoms with Gasteiger partial charge < -0.3 is 23.7 Å². The van der Waals surface area contributed by atoms with E-state index in [1.165, 1.54) is 64.2 Å². The lowest BCUT2D eigenvalue weighted by molar-refractivity contribution is 0.259. The van der Waals surface area contributed by atoms with E-state index in [-0.39, 0.29) is 0 Å². The summed E-state index contributed by atoms with van der Waals surface area (Å²) in [5, 5.41) is 16.6. The molecule has 0 aliphatic rings. The van der Waals surface area contributed by atoms with Gasteiger partial charge in [0, 0.05) is 0 Å². The fourth-order valence-corrected chi connectivity index (χ4v) is 7.25. The maximum atomic E-state index is 10.4. The Balaban J connectivity index is 1.92. The third kappa shape index (κ3) is 13.4. The maximum absolute atomic E-state index is 10.4. The normalized spacial score (nSPS) is 11.3. The molecule has 0 saturated carbocycles. The van der Waals surface area contributed by atoms with Crippen molar-refractivity contribution in [3.8, 4) is 34.8 Å². The summed E-state index contributed by atoms with van der Waals surface area (Å²) in [6, 6.07) is 15.2. The van der Waals surface area contributed by atoms with Crippen molar-refractivity contribution in [1.82, 2.24) is 0 Å². The lowest BCUT2D eigenvalue weighted by atomic mass is 9.92. The number of unbranched alkanes of at least 4 members (excludes halogenated alkanes) is 15. The van der Waals surface area contributed by atoms with Crippen LogP contribution in [0.1, 0.15) is 169 Å². The fourth-order valence-electron chi connectivity index (χ4n) is 7.25. The quantitative estimate of drug-likeness (QED) is 0.0390. The van der Waals surface area contributed by atoms with Gasteiger partial charge in [0.1, 0.15) is 11.8 Å². The van der Waals surface area contributed by atoms with E-state index in [0.29, 0.717) is 44.3 Å². The molecule has 0 N–H and O–H groups in total. The van der Waals surface area contributed by atoms with Crippen molar-refractivity contribution in [1.29, 1.82) is 5.26 Å². The van der Waals surface area contributed by atoms with Crippen LogP contribution in [0.25, 0.3) is 32.3 Å².